The molecule has 0 bridgehead atoms. The third-order valence-corrected chi connectivity index (χ3v) is 3.89. The smallest absolute Gasteiger partial charge is 0.158 e. The normalized spacial score (nSPS) is 18.9. The minimum Gasteiger partial charge on any atom is -0.297 e. The van der Waals surface area contributed by atoms with E-state index in [0.29, 0.717) is 5.56 Å². The second kappa shape index (κ2) is 5.63. The maximum absolute atomic E-state index is 12.8. The molecule has 0 amide bonds. The van der Waals surface area contributed by atoms with Crippen LogP contribution in [0, 0.1) is 11.7 Å². The molecule has 0 heterocycles. The van der Waals surface area contributed by atoms with Gasteiger partial charge in [-0.1, -0.05) is 31.4 Å². The van der Waals surface area contributed by atoms with Crippen LogP contribution in [0.1, 0.15) is 43.0 Å². The van der Waals surface area contributed by atoms with Gasteiger partial charge in [-0.25, -0.2) is 4.39 Å². The summed E-state index contributed by atoms with van der Waals surface area (Å²) in [7, 11) is 0. The van der Waals surface area contributed by atoms with E-state index in [1.54, 1.807) is 12.1 Å². The Morgan fingerprint density at radius 1 is 1.18 bits per heavy atom. The zero-order valence-corrected chi connectivity index (χ0v) is 10.4. The van der Waals surface area contributed by atoms with Crippen molar-refractivity contribution in [2.45, 2.75) is 37.5 Å². The fraction of sp³-hybridized carbons (Fsp3) is 0.500. The molecule has 0 N–H and O–H groups in total. The number of halogens is 2. The first-order valence-corrected chi connectivity index (χ1v) is 6.55. The highest BCUT2D eigenvalue weighted by Gasteiger charge is 2.27. The van der Waals surface area contributed by atoms with Gasteiger partial charge in [0.1, 0.15) is 11.2 Å². The lowest BCUT2D eigenvalue weighted by Crippen LogP contribution is -2.21. The second-order valence-corrected chi connectivity index (χ2v) is 5.09. The molecule has 92 valence electrons. The van der Waals surface area contributed by atoms with Crippen molar-refractivity contribution in [2.75, 3.05) is 0 Å². The van der Waals surface area contributed by atoms with Gasteiger partial charge in [0.25, 0.3) is 0 Å². The number of carbonyl (C=O) groups excluding carboxylic acids is 1. The summed E-state index contributed by atoms with van der Waals surface area (Å²) in [5, 5.41) is -0.626. The van der Waals surface area contributed by atoms with E-state index in [-0.39, 0.29) is 17.5 Å². The Balaban J connectivity index is 2.05. The Kier molecular flexibility index (Phi) is 4.16. The predicted molar refractivity (Wildman–Crippen MR) is 66.6 cm³/mol. The number of ketones is 1. The Bertz CT molecular complexity index is 382. The molecule has 1 unspecified atom stereocenters. The number of benzene rings is 1. The molecule has 0 aliphatic heterocycles. The zero-order chi connectivity index (χ0) is 12.3. The summed E-state index contributed by atoms with van der Waals surface area (Å²) >= 11 is 6.17. The summed E-state index contributed by atoms with van der Waals surface area (Å²) in [6, 6.07) is 5.87. The molecule has 0 spiro atoms. The second-order valence-electron chi connectivity index (χ2n) is 4.65. The van der Waals surface area contributed by atoms with Crippen LogP contribution in [0.15, 0.2) is 24.3 Å². The molecule has 0 saturated heterocycles. The third kappa shape index (κ3) is 3.06. The Morgan fingerprint density at radius 2 is 1.76 bits per heavy atom. The minimum atomic E-state index is -0.626. The van der Waals surface area contributed by atoms with Crippen LogP contribution in [0.3, 0.4) is 0 Å². The van der Waals surface area contributed by atoms with Crippen molar-refractivity contribution in [3.05, 3.63) is 35.6 Å². The van der Waals surface area contributed by atoms with Crippen LogP contribution in [-0.4, -0.2) is 5.78 Å². The van der Waals surface area contributed by atoms with Gasteiger partial charge in [0, 0.05) is 5.92 Å². The van der Waals surface area contributed by atoms with Crippen molar-refractivity contribution in [3.63, 3.8) is 0 Å². The number of alkyl halides is 1. The van der Waals surface area contributed by atoms with Crippen molar-refractivity contribution in [3.8, 4) is 0 Å². The fourth-order valence-electron chi connectivity index (χ4n) is 2.39. The summed E-state index contributed by atoms with van der Waals surface area (Å²) in [5.74, 6) is -0.114. The van der Waals surface area contributed by atoms with E-state index in [0.717, 1.165) is 25.7 Å². The minimum absolute atomic E-state index is 0.0938. The van der Waals surface area contributed by atoms with Crippen LogP contribution in [0.5, 0.6) is 0 Å². The van der Waals surface area contributed by atoms with Gasteiger partial charge in [0.05, 0.1) is 0 Å². The third-order valence-electron chi connectivity index (χ3n) is 3.42. The molecule has 1 aliphatic rings. The largest absolute Gasteiger partial charge is 0.297 e. The van der Waals surface area contributed by atoms with Gasteiger partial charge in [-0.3, -0.25) is 4.79 Å². The van der Waals surface area contributed by atoms with Gasteiger partial charge >= 0.3 is 0 Å². The molecular formula is C14H16ClFO. The van der Waals surface area contributed by atoms with E-state index in [9.17, 15) is 9.18 Å². The van der Waals surface area contributed by atoms with Gasteiger partial charge < -0.3 is 0 Å². The number of rotatable bonds is 3. The monoisotopic (exact) mass is 254 g/mol. The molecule has 1 nitrogen and oxygen atoms in total. The van der Waals surface area contributed by atoms with Gasteiger partial charge in [-0.2, -0.15) is 0 Å². The standard InChI is InChI=1S/C14H16ClFO/c15-13(10-6-8-12(16)9-7-10)14(17)11-4-2-1-3-5-11/h6-9,11,13H,1-5H2. The lowest BCUT2D eigenvalue weighted by atomic mass is 9.84. The van der Waals surface area contributed by atoms with E-state index in [1.807, 2.05) is 0 Å². The van der Waals surface area contributed by atoms with Crippen molar-refractivity contribution in [1.82, 2.24) is 0 Å². The molecule has 1 aromatic rings. The number of hydrogen-bond acceptors (Lipinski definition) is 1. The van der Waals surface area contributed by atoms with Crippen LogP contribution in [0.25, 0.3) is 0 Å². The highest BCUT2D eigenvalue weighted by molar-refractivity contribution is 6.31. The van der Waals surface area contributed by atoms with Crippen LogP contribution in [0.2, 0.25) is 0 Å². The predicted octanol–water partition coefficient (Wildman–Crippen LogP) is 4.26. The average molecular weight is 255 g/mol. The van der Waals surface area contributed by atoms with Crippen LogP contribution in [0.4, 0.5) is 4.39 Å². The maximum Gasteiger partial charge on any atom is 0.158 e. The molecule has 1 saturated carbocycles. The van der Waals surface area contributed by atoms with Gasteiger partial charge in [-0.05, 0) is 30.5 Å². The molecular weight excluding hydrogens is 239 g/mol. The number of hydrogen-bond donors (Lipinski definition) is 0. The molecule has 1 atom stereocenters. The fourth-order valence-corrected chi connectivity index (χ4v) is 2.71. The molecule has 3 heteroatoms. The highest BCUT2D eigenvalue weighted by Crippen LogP contribution is 2.32. The quantitative estimate of drug-likeness (QED) is 0.737. The van der Waals surface area contributed by atoms with Crippen LogP contribution >= 0.6 is 11.6 Å². The molecule has 1 fully saturated rings. The van der Waals surface area contributed by atoms with Gasteiger partial charge in [0.15, 0.2) is 5.78 Å². The lowest BCUT2D eigenvalue weighted by Gasteiger charge is -2.22. The van der Waals surface area contributed by atoms with E-state index in [4.69, 9.17) is 11.6 Å². The van der Waals surface area contributed by atoms with Gasteiger partial charge in [-0.15, -0.1) is 11.6 Å². The van der Waals surface area contributed by atoms with Crippen molar-refractivity contribution in [1.29, 1.82) is 0 Å². The molecule has 17 heavy (non-hydrogen) atoms. The molecule has 0 aromatic heterocycles. The van der Waals surface area contributed by atoms with E-state index >= 15 is 0 Å². The molecule has 2 rings (SSSR count). The van der Waals surface area contributed by atoms with E-state index in [2.05, 4.69) is 0 Å². The first-order chi connectivity index (χ1) is 8.18. The Labute approximate surface area is 106 Å². The van der Waals surface area contributed by atoms with E-state index < -0.39 is 5.38 Å². The maximum atomic E-state index is 12.8. The van der Waals surface area contributed by atoms with Crippen LogP contribution < -0.4 is 0 Å². The first-order valence-electron chi connectivity index (χ1n) is 6.12. The Hall–Kier alpha value is -0.890. The topological polar surface area (TPSA) is 17.1 Å². The summed E-state index contributed by atoms with van der Waals surface area (Å²) < 4.78 is 12.8. The number of carbonyl (C=O) groups is 1. The van der Waals surface area contributed by atoms with Crippen molar-refractivity contribution < 1.29 is 9.18 Å². The molecule has 1 aromatic carbocycles. The average Bonchev–Trinajstić information content (AvgIpc) is 2.39. The molecule has 1 aliphatic carbocycles. The van der Waals surface area contributed by atoms with Crippen LogP contribution in [-0.2, 0) is 4.79 Å². The summed E-state index contributed by atoms with van der Waals surface area (Å²) in [4.78, 5) is 12.2. The highest BCUT2D eigenvalue weighted by atomic mass is 35.5. The lowest BCUT2D eigenvalue weighted by molar-refractivity contribution is -0.123. The van der Waals surface area contributed by atoms with Crippen molar-refractivity contribution in [2.24, 2.45) is 5.92 Å². The zero-order valence-electron chi connectivity index (χ0n) is 9.66. The number of Topliss-reactive ketones (excluding diaryl/α,β-unsaturated/α-hetero) is 1. The Morgan fingerprint density at radius 3 is 2.35 bits per heavy atom. The van der Waals surface area contributed by atoms with Crippen molar-refractivity contribution >= 4 is 17.4 Å². The molecule has 0 radical (unpaired) electrons. The summed E-state index contributed by atoms with van der Waals surface area (Å²) in [5.41, 5.74) is 0.698. The SMILES string of the molecule is O=C(C1CCCCC1)C(Cl)c1ccc(F)cc1. The summed E-state index contributed by atoms with van der Waals surface area (Å²) in [6.07, 6.45) is 5.34. The van der Waals surface area contributed by atoms with E-state index in [1.165, 1.54) is 18.6 Å². The summed E-state index contributed by atoms with van der Waals surface area (Å²) in [6.45, 7) is 0. The van der Waals surface area contributed by atoms with Gasteiger partial charge in [0.2, 0.25) is 0 Å². The first kappa shape index (κ1) is 12.6.